The van der Waals surface area contributed by atoms with Gasteiger partial charge in [-0.25, -0.2) is 0 Å². The monoisotopic (exact) mass is 277 g/mol. The van der Waals surface area contributed by atoms with Crippen LogP contribution in [0, 0.1) is 0 Å². The summed E-state index contributed by atoms with van der Waals surface area (Å²) < 4.78 is 0. The van der Waals surface area contributed by atoms with Crippen molar-refractivity contribution in [2.75, 3.05) is 32.4 Å². The van der Waals surface area contributed by atoms with Crippen LogP contribution in [0.4, 0.5) is 5.69 Å². The molecule has 20 heavy (non-hydrogen) atoms. The van der Waals surface area contributed by atoms with Gasteiger partial charge in [0.15, 0.2) is 0 Å². The van der Waals surface area contributed by atoms with Crippen molar-refractivity contribution >= 4 is 11.6 Å². The van der Waals surface area contributed by atoms with Crippen molar-refractivity contribution in [3.8, 4) is 0 Å². The van der Waals surface area contributed by atoms with E-state index in [0.29, 0.717) is 18.8 Å². The minimum absolute atomic E-state index is 0.0866. The Kier molecular flexibility index (Phi) is 4.01. The lowest BCUT2D eigenvalue weighted by atomic mass is 9.96. The van der Waals surface area contributed by atoms with Crippen LogP contribution in [0.15, 0.2) is 24.3 Å². The molecule has 1 aromatic carbocycles. The number of likely N-dealkylation sites (N-methyl/N-ethyl adjacent to an activating group) is 1. The van der Waals surface area contributed by atoms with E-state index in [1.807, 2.05) is 37.9 Å². The first-order chi connectivity index (χ1) is 9.32. The smallest absolute Gasteiger partial charge is 0.242 e. The SMILES string of the molecule is CN1CCN(CC(O)c2cccc(N)c2)C(C)(C)C1=O. The first-order valence-electron chi connectivity index (χ1n) is 6.86. The third kappa shape index (κ3) is 2.78. The fourth-order valence-electron chi connectivity index (χ4n) is 2.65. The van der Waals surface area contributed by atoms with Crippen LogP contribution in [0.5, 0.6) is 0 Å². The zero-order valence-electron chi connectivity index (χ0n) is 12.3. The molecule has 0 aromatic heterocycles. The number of hydrogen-bond acceptors (Lipinski definition) is 4. The Morgan fingerprint density at radius 3 is 2.75 bits per heavy atom. The molecule has 1 atom stereocenters. The predicted octanol–water partition coefficient (Wildman–Crippen LogP) is 0.855. The molecule has 1 aliphatic rings. The van der Waals surface area contributed by atoms with E-state index in [1.165, 1.54) is 0 Å². The average molecular weight is 277 g/mol. The number of aliphatic hydroxyl groups is 1. The van der Waals surface area contributed by atoms with Crippen LogP contribution in [-0.2, 0) is 4.79 Å². The Morgan fingerprint density at radius 2 is 2.10 bits per heavy atom. The molecule has 1 heterocycles. The Labute approximate surface area is 120 Å². The minimum Gasteiger partial charge on any atom is -0.399 e. The highest BCUT2D eigenvalue weighted by Crippen LogP contribution is 2.25. The van der Waals surface area contributed by atoms with E-state index in [-0.39, 0.29) is 5.91 Å². The summed E-state index contributed by atoms with van der Waals surface area (Å²) in [6.07, 6.45) is -0.644. The zero-order chi connectivity index (χ0) is 14.9. The molecule has 1 fully saturated rings. The molecule has 1 amide bonds. The number of hydrogen-bond donors (Lipinski definition) is 2. The number of benzene rings is 1. The number of aliphatic hydroxyl groups excluding tert-OH is 1. The summed E-state index contributed by atoms with van der Waals surface area (Å²) in [6, 6.07) is 7.25. The van der Waals surface area contributed by atoms with Crippen molar-refractivity contribution in [3.05, 3.63) is 29.8 Å². The Balaban J connectivity index is 2.11. The summed E-state index contributed by atoms with van der Waals surface area (Å²) in [7, 11) is 1.82. The highest BCUT2D eigenvalue weighted by molar-refractivity contribution is 5.86. The van der Waals surface area contributed by atoms with E-state index >= 15 is 0 Å². The third-order valence-corrected chi connectivity index (χ3v) is 4.05. The number of piperazine rings is 1. The van der Waals surface area contributed by atoms with Gasteiger partial charge in [-0.05, 0) is 31.5 Å². The number of nitrogens with two attached hydrogens (primary N) is 1. The van der Waals surface area contributed by atoms with Gasteiger partial charge in [0.2, 0.25) is 5.91 Å². The predicted molar refractivity (Wildman–Crippen MR) is 79.1 cm³/mol. The Morgan fingerprint density at radius 1 is 1.40 bits per heavy atom. The normalized spacial score (nSPS) is 21.0. The second-order valence-corrected chi connectivity index (χ2v) is 5.92. The molecule has 5 heteroatoms. The van der Waals surface area contributed by atoms with E-state index in [2.05, 4.69) is 0 Å². The van der Waals surface area contributed by atoms with Crippen LogP contribution >= 0.6 is 0 Å². The molecule has 0 saturated carbocycles. The molecule has 110 valence electrons. The first-order valence-corrected chi connectivity index (χ1v) is 6.86. The molecular formula is C15H23N3O2. The highest BCUT2D eigenvalue weighted by atomic mass is 16.3. The molecule has 0 aliphatic carbocycles. The molecule has 1 unspecified atom stereocenters. The Hall–Kier alpha value is -1.59. The number of nitrogen functional groups attached to an aromatic ring is 1. The van der Waals surface area contributed by atoms with Crippen LogP contribution in [0.25, 0.3) is 0 Å². The van der Waals surface area contributed by atoms with Gasteiger partial charge < -0.3 is 15.7 Å². The first kappa shape index (κ1) is 14.8. The number of rotatable bonds is 3. The quantitative estimate of drug-likeness (QED) is 0.804. The molecule has 3 N–H and O–H groups in total. The van der Waals surface area contributed by atoms with Crippen LogP contribution < -0.4 is 5.73 Å². The molecule has 1 saturated heterocycles. The number of carbonyl (C=O) groups is 1. The molecule has 2 rings (SSSR count). The summed E-state index contributed by atoms with van der Waals surface area (Å²) in [5.74, 6) is 0.0866. The maximum Gasteiger partial charge on any atom is 0.242 e. The van der Waals surface area contributed by atoms with Crippen molar-refractivity contribution in [3.63, 3.8) is 0 Å². The fourth-order valence-corrected chi connectivity index (χ4v) is 2.65. The maximum atomic E-state index is 12.2. The maximum absolute atomic E-state index is 12.2. The standard InChI is InChI=1S/C15H23N3O2/c1-15(2)14(20)17(3)7-8-18(15)10-13(19)11-5-4-6-12(16)9-11/h4-6,9,13,19H,7-8,10,16H2,1-3H3. The van der Waals surface area contributed by atoms with E-state index < -0.39 is 11.6 Å². The molecule has 1 aromatic rings. The minimum atomic E-state index is -0.644. The number of nitrogens with zero attached hydrogens (tertiary/aromatic N) is 2. The van der Waals surface area contributed by atoms with Crippen molar-refractivity contribution in [2.45, 2.75) is 25.5 Å². The average Bonchev–Trinajstić information content (AvgIpc) is 2.40. The van der Waals surface area contributed by atoms with Gasteiger partial charge >= 0.3 is 0 Å². The van der Waals surface area contributed by atoms with E-state index in [0.717, 1.165) is 12.1 Å². The number of anilines is 1. The van der Waals surface area contributed by atoms with Crippen molar-refractivity contribution in [2.24, 2.45) is 0 Å². The summed E-state index contributed by atoms with van der Waals surface area (Å²) >= 11 is 0. The second kappa shape index (κ2) is 5.42. The van der Waals surface area contributed by atoms with Gasteiger partial charge in [0.25, 0.3) is 0 Å². The van der Waals surface area contributed by atoms with Crippen LogP contribution in [0.2, 0.25) is 0 Å². The van der Waals surface area contributed by atoms with E-state index in [4.69, 9.17) is 5.73 Å². The summed E-state index contributed by atoms with van der Waals surface area (Å²) in [6.45, 7) is 5.67. The summed E-state index contributed by atoms with van der Waals surface area (Å²) in [5.41, 5.74) is 6.57. The topological polar surface area (TPSA) is 69.8 Å². The number of amides is 1. The van der Waals surface area contributed by atoms with Crippen molar-refractivity contribution in [1.29, 1.82) is 0 Å². The van der Waals surface area contributed by atoms with Gasteiger partial charge in [-0.3, -0.25) is 9.69 Å². The van der Waals surface area contributed by atoms with Crippen LogP contribution in [0.3, 0.4) is 0 Å². The molecule has 5 nitrogen and oxygen atoms in total. The van der Waals surface area contributed by atoms with Gasteiger partial charge in [-0.1, -0.05) is 12.1 Å². The van der Waals surface area contributed by atoms with Crippen molar-refractivity contribution < 1.29 is 9.90 Å². The fraction of sp³-hybridized carbons (Fsp3) is 0.533. The third-order valence-electron chi connectivity index (χ3n) is 4.05. The summed E-state index contributed by atoms with van der Waals surface area (Å²) in [4.78, 5) is 16.0. The second-order valence-electron chi connectivity index (χ2n) is 5.92. The highest BCUT2D eigenvalue weighted by Gasteiger charge is 2.40. The van der Waals surface area contributed by atoms with Gasteiger partial charge in [0.1, 0.15) is 0 Å². The molecule has 0 radical (unpaired) electrons. The van der Waals surface area contributed by atoms with Gasteiger partial charge in [0, 0.05) is 32.4 Å². The molecule has 0 spiro atoms. The number of carbonyl (C=O) groups excluding carboxylic acids is 1. The van der Waals surface area contributed by atoms with Crippen molar-refractivity contribution in [1.82, 2.24) is 9.80 Å². The van der Waals surface area contributed by atoms with E-state index in [9.17, 15) is 9.90 Å². The van der Waals surface area contributed by atoms with Gasteiger partial charge in [-0.2, -0.15) is 0 Å². The number of β-amino-alcohol motifs (C(OH)–C–C–N with tert-alkyl or cyclic N) is 1. The van der Waals surface area contributed by atoms with Gasteiger partial charge in [-0.15, -0.1) is 0 Å². The lowest BCUT2D eigenvalue weighted by molar-refractivity contribution is -0.148. The van der Waals surface area contributed by atoms with Crippen LogP contribution in [-0.4, -0.2) is 53.0 Å². The van der Waals surface area contributed by atoms with E-state index in [1.54, 1.807) is 17.0 Å². The molecule has 0 bridgehead atoms. The van der Waals surface area contributed by atoms with Gasteiger partial charge in [0.05, 0.1) is 11.6 Å². The largest absolute Gasteiger partial charge is 0.399 e. The van der Waals surface area contributed by atoms with Crippen LogP contribution in [0.1, 0.15) is 25.5 Å². The molecule has 1 aliphatic heterocycles. The lowest BCUT2D eigenvalue weighted by Gasteiger charge is -2.45. The summed E-state index contributed by atoms with van der Waals surface area (Å²) in [5, 5.41) is 10.4. The zero-order valence-corrected chi connectivity index (χ0v) is 12.3. The molecular weight excluding hydrogens is 254 g/mol. The Bertz CT molecular complexity index is 502. The lowest BCUT2D eigenvalue weighted by Crippen LogP contribution is -2.62.